The highest BCUT2D eigenvalue weighted by Crippen LogP contribution is 2.30. The summed E-state index contributed by atoms with van der Waals surface area (Å²) in [4.78, 5) is 0. The summed E-state index contributed by atoms with van der Waals surface area (Å²) in [6, 6.07) is 5.00. The zero-order valence-electron chi connectivity index (χ0n) is 15.0. The third-order valence-corrected chi connectivity index (χ3v) is 4.90. The van der Waals surface area contributed by atoms with E-state index in [2.05, 4.69) is 32.6 Å². The summed E-state index contributed by atoms with van der Waals surface area (Å²) in [5.41, 5.74) is 4.33. The van der Waals surface area contributed by atoms with Gasteiger partial charge < -0.3 is 14.8 Å². The van der Waals surface area contributed by atoms with Crippen molar-refractivity contribution in [2.75, 3.05) is 0 Å². The largest absolute Gasteiger partial charge is 0.508 e. The van der Waals surface area contributed by atoms with Crippen LogP contribution in [0.3, 0.4) is 0 Å². The molecule has 0 fully saturated rings. The molecule has 0 saturated heterocycles. The van der Waals surface area contributed by atoms with E-state index < -0.39 is 7.12 Å². The topological polar surface area (TPSA) is 49.7 Å². The molecular formula is C20H26BClO3. The van der Waals surface area contributed by atoms with Gasteiger partial charge in [-0.2, -0.15) is 0 Å². The van der Waals surface area contributed by atoms with Crippen molar-refractivity contribution in [3.63, 3.8) is 0 Å². The van der Waals surface area contributed by atoms with Crippen LogP contribution in [0.25, 0.3) is 6.08 Å². The van der Waals surface area contributed by atoms with Gasteiger partial charge in [-0.05, 0) is 55.0 Å². The zero-order chi connectivity index (χ0) is 18.4. The van der Waals surface area contributed by atoms with Crippen LogP contribution >= 0.6 is 11.6 Å². The molecule has 0 saturated carbocycles. The lowest BCUT2D eigenvalue weighted by Crippen LogP contribution is -2.31. The molecule has 2 rings (SSSR count). The van der Waals surface area contributed by atoms with Crippen LogP contribution in [0.5, 0.6) is 5.75 Å². The van der Waals surface area contributed by atoms with Crippen molar-refractivity contribution in [2.24, 2.45) is 0 Å². The number of phenolic OH excluding ortho intramolecular Hbond substituents is 1. The van der Waals surface area contributed by atoms with E-state index in [1.807, 2.05) is 6.07 Å². The fraction of sp³-hybridized carbons (Fsp3) is 0.400. The first-order chi connectivity index (χ1) is 11.9. The minimum atomic E-state index is -0.737. The number of benzene rings is 1. The summed E-state index contributed by atoms with van der Waals surface area (Å²) in [7, 11) is -0.737. The molecule has 0 bridgehead atoms. The third-order valence-electron chi connectivity index (χ3n) is 4.57. The number of hydrogen-bond donors (Lipinski definition) is 2. The second-order valence-corrected chi connectivity index (χ2v) is 6.74. The van der Waals surface area contributed by atoms with Crippen LogP contribution in [-0.2, 0) is 4.65 Å². The van der Waals surface area contributed by atoms with Gasteiger partial charge in [0.25, 0.3) is 0 Å². The molecule has 1 aromatic carbocycles. The maximum atomic E-state index is 9.82. The van der Waals surface area contributed by atoms with E-state index in [9.17, 15) is 10.1 Å². The number of allylic oxidation sites excluding steroid dienone is 2. The Morgan fingerprint density at radius 3 is 2.80 bits per heavy atom. The maximum absolute atomic E-state index is 9.82. The zero-order valence-corrected chi connectivity index (χ0v) is 15.7. The van der Waals surface area contributed by atoms with E-state index in [1.54, 1.807) is 12.1 Å². The lowest BCUT2D eigenvalue weighted by atomic mass is 9.77. The van der Waals surface area contributed by atoms with Crippen molar-refractivity contribution in [2.45, 2.75) is 52.0 Å². The summed E-state index contributed by atoms with van der Waals surface area (Å²) < 4.78 is 5.75. The predicted octanol–water partition coefficient (Wildman–Crippen LogP) is 5.39. The predicted molar refractivity (Wildman–Crippen MR) is 106 cm³/mol. The Morgan fingerprint density at radius 1 is 1.40 bits per heavy atom. The van der Waals surface area contributed by atoms with Crippen molar-refractivity contribution in [3.8, 4) is 5.75 Å². The fourth-order valence-corrected chi connectivity index (χ4v) is 3.23. The van der Waals surface area contributed by atoms with Gasteiger partial charge in [0.05, 0.1) is 11.1 Å². The molecule has 1 atom stereocenters. The monoisotopic (exact) mass is 360 g/mol. The number of halogens is 1. The highest BCUT2D eigenvalue weighted by Gasteiger charge is 2.27. The molecular weight excluding hydrogens is 334 g/mol. The SMILES string of the molecule is C=C(CC)C1=CCB(O)OC1CC/C(=C/c1ccc(O)cc1Cl)CC. The van der Waals surface area contributed by atoms with E-state index in [1.165, 1.54) is 5.57 Å². The van der Waals surface area contributed by atoms with Gasteiger partial charge in [-0.3, -0.25) is 0 Å². The minimum Gasteiger partial charge on any atom is -0.508 e. The molecule has 1 aromatic rings. The summed E-state index contributed by atoms with van der Waals surface area (Å²) >= 11 is 6.20. The average molecular weight is 361 g/mol. The lowest BCUT2D eigenvalue weighted by molar-refractivity contribution is 0.183. The van der Waals surface area contributed by atoms with E-state index in [-0.39, 0.29) is 11.9 Å². The first-order valence-electron chi connectivity index (χ1n) is 8.84. The molecule has 1 aliphatic rings. The number of aromatic hydroxyl groups is 1. The Bertz CT molecular complexity index is 682. The first-order valence-corrected chi connectivity index (χ1v) is 9.22. The molecule has 0 radical (unpaired) electrons. The van der Waals surface area contributed by atoms with Gasteiger partial charge in [-0.25, -0.2) is 0 Å². The van der Waals surface area contributed by atoms with Gasteiger partial charge >= 0.3 is 7.12 Å². The Labute approximate surface area is 155 Å². The van der Waals surface area contributed by atoms with E-state index in [0.29, 0.717) is 11.3 Å². The van der Waals surface area contributed by atoms with E-state index >= 15 is 0 Å². The molecule has 1 unspecified atom stereocenters. The summed E-state index contributed by atoms with van der Waals surface area (Å²) in [6.07, 6.45) is 7.93. The molecule has 0 amide bonds. The molecule has 1 heterocycles. The quantitative estimate of drug-likeness (QED) is 0.641. The van der Waals surface area contributed by atoms with Crippen LogP contribution in [0.2, 0.25) is 11.3 Å². The maximum Gasteiger partial charge on any atom is 0.458 e. The van der Waals surface area contributed by atoms with Crippen LogP contribution in [0, 0.1) is 0 Å². The first kappa shape index (κ1) is 19.8. The average Bonchev–Trinajstić information content (AvgIpc) is 2.59. The van der Waals surface area contributed by atoms with E-state index in [4.69, 9.17) is 16.3 Å². The van der Waals surface area contributed by atoms with Crippen LogP contribution < -0.4 is 0 Å². The molecule has 0 aromatic heterocycles. The molecule has 2 N–H and O–H groups in total. The number of rotatable bonds is 7. The fourth-order valence-electron chi connectivity index (χ4n) is 3.00. The molecule has 0 spiro atoms. The summed E-state index contributed by atoms with van der Waals surface area (Å²) in [6.45, 7) is 8.31. The van der Waals surface area contributed by atoms with Gasteiger partial charge in [-0.15, -0.1) is 0 Å². The van der Waals surface area contributed by atoms with Crippen molar-refractivity contribution in [1.29, 1.82) is 0 Å². The summed E-state index contributed by atoms with van der Waals surface area (Å²) in [5, 5.41) is 19.8. The Morgan fingerprint density at radius 2 is 2.16 bits per heavy atom. The molecule has 0 aliphatic carbocycles. The van der Waals surface area contributed by atoms with Crippen molar-refractivity contribution < 1.29 is 14.8 Å². The van der Waals surface area contributed by atoms with Gasteiger partial charge in [0, 0.05) is 6.32 Å². The highest BCUT2D eigenvalue weighted by molar-refractivity contribution is 6.43. The molecule has 25 heavy (non-hydrogen) atoms. The lowest BCUT2D eigenvalue weighted by Gasteiger charge is -2.28. The molecule has 1 aliphatic heterocycles. The molecule has 5 heteroatoms. The minimum absolute atomic E-state index is 0.124. The van der Waals surface area contributed by atoms with Gasteiger partial charge in [0.2, 0.25) is 0 Å². The van der Waals surface area contributed by atoms with Gasteiger partial charge in [0.15, 0.2) is 0 Å². The number of hydrogen-bond acceptors (Lipinski definition) is 3. The standard InChI is InChI=1S/C20H26BClO3/c1-4-14(3)18-10-11-21(24)25-20(18)9-6-15(5-2)12-16-7-8-17(23)13-19(16)22/h7-8,10,12-13,20,23-24H,3-6,9,11H2,1-2H3/b15-12+. The van der Waals surface area contributed by atoms with Crippen molar-refractivity contribution >= 4 is 24.8 Å². The third kappa shape index (κ3) is 5.50. The Hall–Kier alpha value is -1.49. The van der Waals surface area contributed by atoms with E-state index in [0.717, 1.165) is 42.4 Å². The second-order valence-electron chi connectivity index (χ2n) is 6.33. The van der Waals surface area contributed by atoms with Crippen LogP contribution in [0.15, 0.2) is 47.6 Å². The smallest absolute Gasteiger partial charge is 0.458 e. The van der Waals surface area contributed by atoms with Crippen molar-refractivity contribution in [3.05, 3.63) is 58.2 Å². The molecule has 134 valence electrons. The summed E-state index contributed by atoms with van der Waals surface area (Å²) in [5.74, 6) is 0.164. The normalized spacial score (nSPS) is 18.2. The van der Waals surface area contributed by atoms with Gasteiger partial charge in [0.1, 0.15) is 5.75 Å². The van der Waals surface area contributed by atoms with Crippen molar-refractivity contribution in [1.82, 2.24) is 0 Å². The van der Waals surface area contributed by atoms with Crippen LogP contribution in [-0.4, -0.2) is 23.4 Å². The van der Waals surface area contributed by atoms with Gasteiger partial charge in [-0.1, -0.05) is 55.3 Å². The second kappa shape index (κ2) is 9.28. The van der Waals surface area contributed by atoms with Crippen LogP contribution in [0.1, 0.15) is 45.1 Å². The highest BCUT2D eigenvalue weighted by atomic mass is 35.5. The Kier molecular flexibility index (Phi) is 7.36. The molecule has 3 nitrogen and oxygen atoms in total. The van der Waals surface area contributed by atoms with Crippen LogP contribution in [0.4, 0.5) is 0 Å². The number of phenols is 1. The Balaban J connectivity index is 2.10.